The minimum atomic E-state index is -4.40. The number of nitrogens with zero attached hydrogens (tertiary/aromatic N) is 2. The lowest BCUT2D eigenvalue weighted by Crippen LogP contribution is -2.48. The minimum Gasteiger partial charge on any atom is -0.314 e. The number of amides is 1. The molecule has 7 heteroatoms. The van der Waals surface area contributed by atoms with Gasteiger partial charge in [-0.05, 0) is 24.1 Å². The number of fused-ring (bicyclic) bond motifs is 1. The number of alkyl halides is 3. The smallest absolute Gasteiger partial charge is 0.314 e. The predicted molar refractivity (Wildman–Crippen MR) is 81.3 cm³/mol. The Bertz CT molecular complexity index is 597. The van der Waals surface area contributed by atoms with Crippen molar-refractivity contribution in [2.24, 2.45) is 0 Å². The fourth-order valence-electron chi connectivity index (χ4n) is 3.46. The van der Waals surface area contributed by atoms with Crippen molar-refractivity contribution in [2.45, 2.75) is 25.6 Å². The van der Waals surface area contributed by atoms with Gasteiger partial charge >= 0.3 is 6.18 Å². The quantitative estimate of drug-likeness (QED) is 0.860. The third-order valence-electron chi connectivity index (χ3n) is 4.61. The van der Waals surface area contributed by atoms with E-state index < -0.39 is 11.7 Å². The summed E-state index contributed by atoms with van der Waals surface area (Å²) >= 11 is 0. The standard InChI is InChI=1S/C16H20F3N3O/c1-11(23)22-7-4-14(21-8-5-20-6-9-21)13-3-2-12(10-15(13)22)16(17,18)19/h2-3,10,14,20H,4-9H2,1H3. The number of anilines is 1. The first-order chi connectivity index (χ1) is 10.9. The summed E-state index contributed by atoms with van der Waals surface area (Å²) in [5.41, 5.74) is 0.520. The van der Waals surface area contributed by atoms with Gasteiger partial charge in [0.15, 0.2) is 0 Å². The van der Waals surface area contributed by atoms with Crippen molar-refractivity contribution in [3.8, 4) is 0 Å². The van der Waals surface area contributed by atoms with Crippen LogP contribution in [-0.4, -0.2) is 43.5 Å². The summed E-state index contributed by atoms with van der Waals surface area (Å²) in [5.74, 6) is -0.218. The highest BCUT2D eigenvalue weighted by Crippen LogP contribution is 2.41. The Kier molecular flexibility index (Phi) is 4.33. The fraction of sp³-hybridized carbons (Fsp3) is 0.562. The zero-order valence-corrected chi connectivity index (χ0v) is 13.0. The van der Waals surface area contributed by atoms with Gasteiger partial charge in [-0.1, -0.05) is 6.07 Å². The van der Waals surface area contributed by atoms with Crippen molar-refractivity contribution in [3.63, 3.8) is 0 Å². The lowest BCUT2D eigenvalue weighted by atomic mass is 9.93. The highest BCUT2D eigenvalue weighted by molar-refractivity contribution is 5.93. The number of carbonyl (C=O) groups excluding carboxylic acids is 1. The van der Waals surface area contributed by atoms with Crippen LogP contribution in [0.3, 0.4) is 0 Å². The van der Waals surface area contributed by atoms with Crippen LogP contribution >= 0.6 is 0 Å². The number of halogens is 3. The van der Waals surface area contributed by atoms with Crippen molar-refractivity contribution in [3.05, 3.63) is 29.3 Å². The molecule has 4 nitrogen and oxygen atoms in total. The van der Waals surface area contributed by atoms with Gasteiger partial charge in [-0.3, -0.25) is 9.69 Å². The molecule has 1 N–H and O–H groups in total. The van der Waals surface area contributed by atoms with Crippen LogP contribution in [0.1, 0.15) is 30.5 Å². The van der Waals surface area contributed by atoms with Gasteiger partial charge in [-0.2, -0.15) is 13.2 Å². The molecule has 2 aliphatic heterocycles. The third-order valence-corrected chi connectivity index (χ3v) is 4.61. The normalized spacial score (nSPS) is 22.8. The van der Waals surface area contributed by atoms with Crippen molar-refractivity contribution in [1.29, 1.82) is 0 Å². The summed E-state index contributed by atoms with van der Waals surface area (Å²) in [6.07, 6.45) is -3.66. The van der Waals surface area contributed by atoms with E-state index in [0.29, 0.717) is 12.2 Å². The molecule has 0 aromatic heterocycles. The average Bonchev–Trinajstić information content (AvgIpc) is 2.53. The van der Waals surface area contributed by atoms with Gasteiger partial charge in [-0.15, -0.1) is 0 Å². The van der Waals surface area contributed by atoms with E-state index in [9.17, 15) is 18.0 Å². The largest absolute Gasteiger partial charge is 0.416 e. The van der Waals surface area contributed by atoms with E-state index in [2.05, 4.69) is 10.2 Å². The van der Waals surface area contributed by atoms with Crippen molar-refractivity contribution in [2.75, 3.05) is 37.6 Å². The maximum atomic E-state index is 13.0. The lowest BCUT2D eigenvalue weighted by molar-refractivity contribution is -0.137. The molecule has 1 unspecified atom stereocenters. The van der Waals surface area contributed by atoms with Crippen molar-refractivity contribution >= 4 is 11.6 Å². The van der Waals surface area contributed by atoms with E-state index in [-0.39, 0.29) is 11.9 Å². The number of piperazine rings is 1. The second-order valence-electron chi connectivity index (χ2n) is 6.03. The van der Waals surface area contributed by atoms with Crippen LogP contribution in [-0.2, 0) is 11.0 Å². The molecule has 0 aliphatic carbocycles. The molecule has 2 heterocycles. The van der Waals surface area contributed by atoms with Gasteiger partial charge in [0.25, 0.3) is 0 Å². The molecule has 0 bridgehead atoms. The topological polar surface area (TPSA) is 35.6 Å². The number of hydrogen-bond donors (Lipinski definition) is 1. The molecule has 1 saturated heterocycles. The Hall–Kier alpha value is -1.60. The Morgan fingerprint density at radius 2 is 1.91 bits per heavy atom. The number of nitrogens with one attached hydrogen (secondary N) is 1. The van der Waals surface area contributed by atoms with Crippen LogP contribution in [0, 0.1) is 0 Å². The molecule has 23 heavy (non-hydrogen) atoms. The number of benzene rings is 1. The molecule has 0 saturated carbocycles. The predicted octanol–water partition coefficient (Wildman–Crippen LogP) is 2.41. The molecule has 126 valence electrons. The van der Waals surface area contributed by atoms with Crippen molar-refractivity contribution in [1.82, 2.24) is 10.2 Å². The summed E-state index contributed by atoms with van der Waals surface area (Å²) < 4.78 is 39.0. The zero-order chi connectivity index (χ0) is 16.6. The Morgan fingerprint density at radius 3 is 2.52 bits per heavy atom. The van der Waals surface area contributed by atoms with Gasteiger partial charge < -0.3 is 10.2 Å². The summed E-state index contributed by atoms with van der Waals surface area (Å²) in [6.45, 7) is 5.34. The highest BCUT2D eigenvalue weighted by atomic mass is 19.4. The van der Waals surface area contributed by atoms with E-state index in [1.807, 2.05) is 0 Å². The fourth-order valence-corrected chi connectivity index (χ4v) is 3.46. The van der Waals surface area contributed by atoms with Crippen LogP contribution in [0.25, 0.3) is 0 Å². The van der Waals surface area contributed by atoms with Crippen molar-refractivity contribution < 1.29 is 18.0 Å². The SMILES string of the molecule is CC(=O)N1CCC(N2CCNCC2)c2ccc(C(F)(F)F)cc21. The van der Waals surface area contributed by atoms with Gasteiger partial charge in [0.05, 0.1) is 5.56 Å². The second-order valence-corrected chi connectivity index (χ2v) is 6.03. The molecule has 1 atom stereocenters. The summed E-state index contributed by atoms with van der Waals surface area (Å²) in [6, 6.07) is 3.85. The molecule has 1 fully saturated rings. The van der Waals surface area contributed by atoms with Crippen LogP contribution in [0.2, 0.25) is 0 Å². The molecular formula is C16H20F3N3O. The van der Waals surface area contributed by atoms with Crippen LogP contribution in [0.4, 0.5) is 18.9 Å². The molecular weight excluding hydrogens is 307 g/mol. The van der Waals surface area contributed by atoms with Crippen LogP contribution < -0.4 is 10.2 Å². The Labute approximate surface area is 133 Å². The third kappa shape index (κ3) is 3.21. The van der Waals surface area contributed by atoms with Crippen LogP contribution in [0.5, 0.6) is 0 Å². The highest BCUT2D eigenvalue weighted by Gasteiger charge is 2.36. The van der Waals surface area contributed by atoms with Crippen LogP contribution in [0.15, 0.2) is 18.2 Å². The van der Waals surface area contributed by atoms with E-state index >= 15 is 0 Å². The zero-order valence-electron chi connectivity index (χ0n) is 13.0. The average molecular weight is 327 g/mol. The van der Waals surface area contributed by atoms with Gasteiger partial charge in [-0.25, -0.2) is 0 Å². The first-order valence-corrected chi connectivity index (χ1v) is 7.82. The molecule has 0 radical (unpaired) electrons. The molecule has 1 aromatic rings. The number of carbonyl (C=O) groups is 1. The summed E-state index contributed by atoms with van der Waals surface area (Å²) in [7, 11) is 0. The van der Waals surface area contributed by atoms with Gasteiger partial charge in [0.2, 0.25) is 5.91 Å². The van der Waals surface area contributed by atoms with E-state index in [1.54, 1.807) is 6.07 Å². The van der Waals surface area contributed by atoms with Gasteiger partial charge in [0, 0.05) is 51.4 Å². The summed E-state index contributed by atoms with van der Waals surface area (Å²) in [5, 5.41) is 3.28. The molecule has 0 spiro atoms. The first-order valence-electron chi connectivity index (χ1n) is 7.82. The maximum Gasteiger partial charge on any atom is 0.416 e. The minimum absolute atomic E-state index is 0.0741. The monoisotopic (exact) mass is 327 g/mol. The summed E-state index contributed by atoms with van der Waals surface area (Å²) in [4.78, 5) is 15.6. The number of hydrogen-bond acceptors (Lipinski definition) is 3. The lowest BCUT2D eigenvalue weighted by Gasteiger charge is -2.41. The molecule has 1 amide bonds. The molecule has 3 rings (SSSR count). The van der Waals surface area contributed by atoms with E-state index in [1.165, 1.54) is 11.8 Å². The van der Waals surface area contributed by atoms with E-state index in [0.717, 1.165) is 50.3 Å². The maximum absolute atomic E-state index is 13.0. The second kappa shape index (κ2) is 6.13. The van der Waals surface area contributed by atoms with E-state index in [4.69, 9.17) is 0 Å². The Morgan fingerprint density at radius 1 is 1.22 bits per heavy atom. The first kappa shape index (κ1) is 16.3. The van der Waals surface area contributed by atoms with Gasteiger partial charge in [0.1, 0.15) is 0 Å². The molecule has 2 aliphatic rings. The Balaban J connectivity index is 2.00. The molecule has 1 aromatic carbocycles. The number of rotatable bonds is 1.